The van der Waals surface area contributed by atoms with Crippen LogP contribution in [-0.4, -0.2) is 34.8 Å². The monoisotopic (exact) mass is 479 g/mol. The van der Waals surface area contributed by atoms with Crippen molar-refractivity contribution in [2.24, 2.45) is 0 Å². The number of nitrogens with zero attached hydrogens (tertiary/aromatic N) is 2. The summed E-state index contributed by atoms with van der Waals surface area (Å²) < 4.78 is 0.903. The van der Waals surface area contributed by atoms with Gasteiger partial charge in [0.15, 0.2) is 5.54 Å². The van der Waals surface area contributed by atoms with E-state index in [-0.39, 0.29) is 11.8 Å². The first-order chi connectivity index (χ1) is 15.0. The molecular weight excluding hydrogens is 454 g/mol. The zero-order valence-corrected chi connectivity index (χ0v) is 19.5. The summed E-state index contributed by atoms with van der Waals surface area (Å²) in [6.45, 7) is 4.91. The molecule has 2 aromatic carbocycles. The first-order valence-corrected chi connectivity index (χ1v) is 11.8. The number of H-pyrrole nitrogens is 1. The van der Waals surface area contributed by atoms with Crippen LogP contribution in [0.15, 0.2) is 46.9 Å². The highest BCUT2D eigenvalue weighted by molar-refractivity contribution is 9.10. The van der Waals surface area contributed by atoms with Gasteiger partial charge >= 0.3 is 0 Å². The number of hydrogen-bond acceptors (Lipinski definition) is 2. The van der Waals surface area contributed by atoms with Crippen molar-refractivity contribution in [3.8, 4) is 0 Å². The Morgan fingerprint density at radius 3 is 2.77 bits per heavy atom. The summed E-state index contributed by atoms with van der Waals surface area (Å²) in [5, 5.41) is 1.13. The molecule has 2 amide bonds. The largest absolute Gasteiger partial charge is 0.355 e. The second kappa shape index (κ2) is 7.52. The van der Waals surface area contributed by atoms with E-state index in [9.17, 15) is 9.59 Å². The van der Waals surface area contributed by atoms with Crippen LogP contribution in [0.1, 0.15) is 49.9 Å². The molecule has 3 heterocycles. The molecule has 1 aromatic heterocycles. The summed E-state index contributed by atoms with van der Waals surface area (Å²) in [5.74, 6) is -0.113. The quantitative estimate of drug-likeness (QED) is 0.528. The number of aromatic amines is 1. The van der Waals surface area contributed by atoms with Crippen LogP contribution in [0.5, 0.6) is 0 Å². The van der Waals surface area contributed by atoms with Crippen LogP contribution in [0, 0.1) is 0 Å². The molecular formula is C25H26BrN3O2. The van der Waals surface area contributed by atoms with E-state index in [1.54, 1.807) is 11.8 Å². The van der Waals surface area contributed by atoms with Gasteiger partial charge in [-0.05, 0) is 42.7 Å². The Labute approximate surface area is 190 Å². The number of carbonyl (C=O) groups is 2. The fourth-order valence-electron chi connectivity index (χ4n) is 5.39. The third-order valence-corrected chi connectivity index (χ3v) is 7.22. The molecule has 0 saturated heterocycles. The molecule has 1 spiro atoms. The third kappa shape index (κ3) is 2.80. The van der Waals surface area contributed by atoms with E-state index in [1.807, 2.05) is 41.3 Å². The lowest BCUT2D eigenvalue weighted by molar-refractivity contribution is -0.143. The fourth-order valence-corrected chi connectivity index (χ4v) is 5.75. The van der Waals surface area contributed by atoms with Gasteiger partial charge in [-0.2, -0.15) is 0 Å². The SMILES string of the molecule is CCCCCN1C(=O)[C@]2(c3cc(Br)ccc31)c1[nH]c3ccccc3c1CCN2C(C)=O. The standard InChI is InChI=1S/C25H26BrN3O2/c1-3-4-7-13-28-22-11-10-17(26)15-20(22)25(24(28)31)23-19(12-14-29(25)16(2)30)18-8-5-6-9-21(18)27-23/h5-6,8-11,15,27H,3-4,7,12-14H2,1-2H3/t25-/m0/s1. The van der Waals surface area contributed by atoms with Gasteiger partial charge in [-0.1, -0.05) is 53.9 Å². The Kier molecular flexibility index (Phi) is 4.93. The second-order valence-electron chi connectivity index (χ2n) is 8.48. The number of benzene rings is 2. The number of fused-ring (bicyclic) bond motifs is 6. The second-order valence-corrected chi connectivity index (χ2v) is 9.40. The topological polar surface area (TPSA) is 56.4 Å². The smallest absolute Gasteiger partial charge is 0.263 e. The van der Waals surface area contributed by atoms with E-state index < -0.39 is 5.54 Å². The molecule has 31 heavy (non-hydrogen) atoms. The minimum Gasteiger partial charge on any atom is -0.355 e. The molecule has 0 fully saturated rings. The van der Waals surface area contributed by atoms with Gasteiger partial charge < -0.3 is 14.8 Å². The molecule has 5 rings (SSSR count). The molecule has 1 atom stereocenters. The van der Waals surface area contributed by atoms with Crippen LogP contribution < -0.4 is 4.90 Å². The average Bonchev–Trinajstić information content (AvgIpc) is 3.24. The summed E-state index contributed by atoms with van der Waals surface area (Å²) in [6, 6.07) is 14.2. The number of unbranched alkanes of at least 4 members (excludes halogenated alkanes) is 2. The maximum absolute atomic E-state index is 14.3. The number of halogens is 1. The van der Waals surface area contributed by atoms with Crippen LogP contribution in [0.4, 0.5) is 5.69 Å². The van der Waals surface area contributed by atoms with Crippen molar-refractivity contribution in [3.63, 3.8) is 0 Å². The van der Waals surface area contributed by atoms with E-state index in [0.29, 0.717) is 13.1 Å². The molecule has 2 aliphatic rings. The summed E-state index contributed by atoms with van der Waals surface area (Å²) in [7, 11) is 0. The van der Waals surface area contributed by atoms with Gasteiger partial charge in [0.25, 0.3) is 5.91 Å². The lowest BCUT2D eigenvalue weighted by Gasteiger charge is -2.43. The predicted octanol–water partition coefficient (Wildman–Crippen LogP) is 5.12. The van der Waals surface area contributed by atoms with E-state index in [1.165, 1.54) is 0 Å². The minimum atomic E-state index is -1.15. The third-order valence-electron chi connectivity index (χ3n) is 6.72. The maximum atomic E-state index is 14.3. The molecule has 0 radical (unpaired) electrons. The van der Waals surface area contributed by atoms with Crippen molar-refractivity contribution in [2.45, 2.75) is 45.1 Å². The number of hydrogen-bond donors (Lipinski definition) is 1. The van der Waals surface area contributed by atoms with Gasteiger partial charge in [-0.15, -0.1) is 0 Å². The van der Waals surface area contributed by atoms with Crippen molar-refractivity contribution in [1.29, 1.82) is 0 Å². The molecule has 1 N–H and O–H groups in total. The van der Waals surface area contributed by atoms with E-state index in [0.717, 1.165) is 63.6 Å². The van der Waals surface area contributed by atoms with E-state index in [4.69, 9.17) is 0 Å². The molecule has 160 valence electrons. The Hall–Kier alpha value is -2.60. The average molecular weight is 480 g/mol. The van der Waals surface area contributed by atoms with Crippen LogP contribution in [-0.2, 0) is 21.5 Å². The summed E-state index contributed by atoms with van der Waals surface area (Å²) in [5.41, 5.74) is 3.63. The molecule has 0 unspecified atom stereocenters. The predicted molar refractivity (Wildman–Crippen MR) is 126 cm³/mol. The highest BCUT2D eigenvalue weighted by Gasteiger charge is 2.60. The first-order valence-electron chi connectivity index (χ1n) is 11.0. The normalized spacial score (nSPS) is 19.9. The zero-order chi connectivity index (χ0) is 21.8. The summed E-state index contributed by atoms with van der Waals surface area (Å²) in [6.07, 6.45) is 3.82. The van der Waals surface area contributed by atoms with Gasteiger partial charge in [0.2, 0.25) is 5.91 Å². The first kappa shape index (κ1) is 20.3. The molecule has 0 saturated carbocycles. The number of para-hydroxylation sites is 1. The lowest BCUT2D eigenvalue weighted by atomic mass is 9.80. The van der Waals surface area contributed by atoms with Crippen LogP contribution in [0.3, 0.4) is 0 Å². The Bertz CT molecular complexity index is 1200. The van der Waals surface area contributed by atoms with Gasteiger partial charge in [-0.3, -0.25) is 9.59 Å². The van der Waals surface area contributed by atoms with Gasteiger partial charge in [0, 0.05) is 41.0 Å². The van der Waals surface area contributed by atoms with E-state index in [2.05, 4.69) is 33.9 Å². The number of carbonyl (C=O) groups excluding carboxylic acids is 2. The summed E-state index contributed by atoms with van der Waals surface area (Å²) in [4.78, 5) is 34.4. The van der Waals surface area contributed by atoms with Gasteiger partial charge in [0.1, 0.15) is 0 Å². The number of anilines is 1. The molecule has 2 aliphatic heterocycles. The lowest BCUT2D eigenvalue weighted by Crippen LogP contribution is -2.58. The van der Waals surface area contributed by atoms with Crippen LogP contribution >= 0.6 is 15.9 Å². The van der Waals surface area contributed by atoms with Crippen LogP contribution in [0.25, 0.3) is 10.9 Å². The molecule has 3 aromatic rings. The van der Waals surface area contributed by atoms with Crippen molar-refractivity contribution in [3.05, 3.63) is 63.8 Å². The molecule has 5 nitrogen and oxygen atoms in total. The zero-order valence-electron chi connectivity index (χ0n) is 17.9. The van der Waals surface area contributed by atoms with Crippen molar-refractivity contribution >= 4 is 44.3 Å². The minimum absolute atomic E-state index is 0.0283. The van der Waals surface area contributed by atoms with Crippen molar-refractivity contribution in [1.82, 2.24) is 9.88 Å². The Morgan fingerprint density at radius 2 is 2.00 bits per heavy atom. The van der Waals surface area contributed by atoms with E-state index >= 15 is 0 Å². The maximum Gasteiger partial charge on any atom is 0.263 e. The molecule has 6 heteroatoms. The molecule has 0 bridgehead atoms. The van der Waals surface area contributed by atoms with Crippen molar-refractivity contribution < 1.29 is 9.59 Å². The number of nitrogens with one attached hydrogen (secondary N) is 1. The highest BCUT2D eigenvalue weighted by Crippen LogP contribution is 2.52. The highest BCUT2D eigenvalue weighted by atomic mass is 79.9. The summed E-state index contributed by atoms with van der Waals surface area (Å²) >= 11 is 3.61. The number of amides is 2. The van der Waals surface area contributed by atoms with Crippen LogP contribution in [0.2, 0.25) is 0 Å². The molecule has 0 aliphatic carbocycles. The van der Waals surface area contributed by atoms with Crippen molar-refractivity contribution in [2.75, 3.05) is 18.0 Å². The number of aromatic nitrogens is 1. The fraction of sp³-hybridized carbons (Fsp3) is 0.360. The Balaban J connectivity index is 1.80. The number of rotatable bonds is 4. The Morgan fingerprint density at radius 1 is 1.19 bits per heavy atom. The van der Waals surface area contributed by atoms with Gasteiger partial charge in [0.05, 0.1) is 11.4 Å². The van der Waals surface area contributed by atoms with Gasteiger partial charge in [-0.25, -0.2) is 0 Å².